The SMILES string of the molecule is CN(C(=O)[C@H](Cc1ccccc1)NC(=O)NS(=O)(=O)N[C@@H](Cc1ccccc1)C(=O)N(C)c1ccc2scnc2c1)c1ccc2sccc2c1. The first-order chi connectivity index (χ1) is 24.1. The number of hydrogen-bond donors (Lipinski definition) is 3. The van der Waals surface area contributed by atoms with Gasteiger partial charge in [0.25, 0.3) is 0 Å². The van der Waals surface area contributed by atoms with E-state index in [9.17, 15) is 22.8 Å². The number of nitrogens with zero attached hydrogens (tertiary/aromatic N) is 3. The van der Waals surface area contributed by atoms with Crippen LogP contribution in [-0.4, -0.2) is 57.4 Å². The standard InChI is InChI=1S/C36H34N6O5S3/c1-41(27-13-15-32-26(21-27)17-18-48-32)34(43)30(19-24-9-5-3-6-10-24)38-36(45)40-50(46,47)39-31(20-25-11-7-4-8-12-25)35(44)42(2)28-14-16-33-29(22-28)37-23-49-33/h3-18,21-23,30-31,39H,19-20H2,1-2H3,(H2,38,40,45)/t30-,31-/m0/s1. The minimum absolute atomic E-state index is 0.0138. The predicted octanol–water partition coefficient (Wildman–Crippen LogP) is 5.49. The molecule has 0 aliphatic carbocycles. The molecule has 4 aromatic carbocycles. The monoisotopic (exact) mass is 726 g/mol. The Morgan fingerprint density at radius 1 is 0.720 bits per heavy atom. The lowest BCUT2D eigenvalue weighted by molar-refractivity contribution is -0.120. The molecule has 14 heteroatoms. The van der Waals surface area contributed by atoms with Crippen LogP contribution in [0, 0.1) is 0 Å². The molecule has 0 saturated carbocycles. The van der Waals surface area contributed by atoms with Crippen LogP contribution in [0.25, 0.3) is 20.3 Å². The summed E-state index contributed by atoms with van der Waals surface area (Å²) in [5, 5.41) is 5.50. The summed E-state index contributed by atoms with van der Waals surface area (Å²) in [7, 11) is -1.46. The van der Waals surface area contributed by atoms with Crippen LogP contribution in [0.3, 0.4) is 0 Å². The van der Waals surface area contributed by atoms with Crippen LogP contribution < -0.4 is 24.6 Å². The number of nitrogens with one attached hydrogen (secondary N) is 3. The van der Waals surface area contributed by atoms with Crippen molar-refractivity contribution in [1.29, 1.82) is 0 Å². The molecular weight excluding hydrogens is 693 g/mol. The van der Waals surface area contributed by atoms with Crippen molar-refractivity contribution in [3.8, 4) is 0 Å². The molecule has 0 aliphatic heterocycles. The van der Waals surface area contributed by atoms with Crippen LogP contribution in [0.5, 0.6) is 0 Å². The highest BCUT2D eigenvalue weighted by molar-refractivity contribution is 7.88. The van der Waals surface area contributed by atoms with Crippen LogP contribution in [0.1, 0.15) is 11.1 Å². The number of fused-ring (bicyclic) bond motifs is 2. The summed E-state index contributed by atoms with van der Waals surface area (Å²) in [6, 6.07) is 27.5. The van der Waals surface area contributed by atoms with Crippen molar-refractivity contribution in [2.24, 2.45) is 0 Å². The lowest BCUT2D eigenvalue weighted by Gasteiger charge is -2.26. The van der Waals surface area contributed by atoms with Gasteiger partial charge in [-0.2, -0.15) is 13.1 Å². The molecule has 3 N–H and O–H groups in total. The predicted molar refractivity (Wildman–Crippen MR) is 200 cm³/mol. The Kier molecular flexibility index (Phi) is 10.5. The molecule has 2 atom stereocenters. The summed E-state index contributed by atoms with van der Waals surface area (Å²) in [5.74, 6) is -0.990. The quantitative estimate of drug-likeness (QED) is 0.152. The number of thiophene rings is 1. The van der Waals surface area contributed by atoms with Gasteiger partial charge in [0.1, 0.15) is 12.1 Å². The van der Waals surface area contributed by atoms with Gasteiger partial charge in [-0.25, -0.2) is 14.5 Å². The second-order valence-corrected chi connectivity index (χ2v) is 14.9. The first-order valence-electron chi connectivity index (χ1n) is 15.6. The van der Waals surface area contributed by atoms with Gasteiger partial charge in [0.2, 0.25) is 11.8 Å². The molecule has 4 amide bonds. The Morgan fingerprint density at radius 2 is 1.30 bits per heavy atom. The molecule has 2 heterocycles. The van der Waals surface area contributed by atoms with Crippen molar-refractivity contribution in [2.75, 3.05) is 23.9 Å². The Morgan fingerprint density at radius 3 is 1.96 bits per heavy atom. The average molecular weight is 727 g/mol. The second kappa shape index (κ2) is 15.2. The average Bonchev–Trinajstić information content (AvgIpc) is 3.79. The van der Waals surface area contributed by atoms with Crippen LogP contribution >= 0.6 is 22.7 Å². The summed E-state index contributed by atoms with van der Waals surface area (Å²) >= 11 is 3.06. The minimum Gasteiger partial charge on any atom is -0.325 e. The summed E-state index contributed by atoms with van der Waals surface area (Å²) in [5.41, 5.74) is 5.04. The molecular formula is C36H34N6O5S3. The summed E-state index contributed by atoms with van der Waals surface area (Å²) in [4.78, 5) is 48.1. The van der Waals surface area contributed by atoms with Gasteiger partial charge < -0.3 is 15.1 Å². The molecule has 50 heavy (non-hydrogen) atoms. The van der Waals surface area contributed by atoms with E-state index in [0.717, 1.165) is 20.3 Å². The molecule has 0 saturated heterocycles. The van der Waals surface area contributed by atoms with E-state index in [0.29, 0.717) is 22.5 Å². The molecule has 6 aromatic rings. The number of urea groups is 1. The van der Waals surface area contributed by atoms with Crippen LogP contribution in [0.2, 0.25) is 0 Å². The molecule has 6 rings (SSSR count). The van der Waals surface area contributed by atoms with Crippen molar-refractivity contribution in [3.05, 3.63) is 125 Å². The summed E-state index contributed by atoms with van der Waals surface area (Å²) in [6.07, 6.45) is 0.120. The number of amides is 4. The normalized spacial score (nSPS) is 12.7. The largest absolute Gasteiger partial charge is 0.330 e. The van der Waals surface area contributed by atoms with E-state index >= 15 is 0 Å². The Hall–Kier alpha value is -5.15. The van der Waals surface area contributed by atoms with Gasteiger partial charge in [-0.15, -0.1) is 22.7 Å². The topological polar surface area (TPSA) is 141 Å². The van der Waals surface area contributed by atoms with Crippen molar-refractivity contribution in [1.82, 2.24) is 19.7 Å². The van der Waals surface area contributed by atoms with Gasteiger partial charge in [-0.1, -0.05) is 60.7 Å². The molecule has 11 nitrogen and oxygen atoms in total. The van der Waals surface area contributed by atoms with Gasteiger partial charge in [0, 0.05) is 36.6 Å². The number of likely N-dealkylation sites (N-methyl/N-ethyl adjacent to an activating group) is 2. The zero-order valence-electron chi connectivity index (χ0n) is 27.1. The van der Waals surface area contributed by atoms with Gasteiger partial charge in [0.05, 0.1) is 15.7 Å². The van der Waals surface area contributed by atoms with E-state index in [1.54, 1.807) is 67.3 Å². The fourth-order valence-electron chi connectivity index (χ4n) is 5.55. The van der Waals surface area contributed by atoms with Gasteiger partial charge >= 0.3 is 16.2 Å². The first kappa shape index (κ1) is 34.7. The third kappa shape index (κ3) is 8.34. The van der Waals surface area contributed by atoms with Crippen molar-refractivity contribution >= 4 is 82.4 Å². The number of aromatic nitrogens is 1. The van der Waals surface area contributed by atoms with E-state index in [4.69, 9.17) is 0 Å². The highest BCUT2D eigenvalue weighted by atomic mass is 32.2. The maximum atomic E-state index is 13.8. The van der Waals surface area contributed by atoms with E-state index in [1.807, 2.05) is 76.8 Å². The fourth-order valence-corrected chi connectivity index (χ4v) is 7.90. The number of thiazole rings is 1. The molecule has 2 aromatic heterocycles. The van der Waals surface area contributed by atoms with Gasteiger partial charge in [-0.05, 0) is 70.8 Å². The molecule has 0 bridgehead atoms. The molecule has 0 fully saturated rings. The third-order valence-electron chi connectivity index (χ3n) is 8.18. The fraction of sp³-hybridized carbons (Fsp3) is 0.167. The smallest absolute Gasteiger partial charge is 0.325 e. The minimum atomic E-state index is -4.62. The summed E-state index contributed by atoms with van der Waals surface area (Å²) in [6.45, 7) is 0. The number of carbonyl (C=O) groups is 3. The van der Waals surface area contributed by atoms with E-state index in [1.165, 1.54) is 21.1 Å². The summed E-state index contributed by atoms with van der Waals surface area (Å²) < 4.78 is 33.3. The van der Waals surface area contributed by atoms with E-state index in [-0.39, 0.29) is 12.8 Å². The van der Waals surface area contributed by atoms with Gasteiger partial charge in [0.15, 0.2) is 0 Å². The number of benzene rings is 4. The molecule has 256 valence electrons. The molecule has 0 unspecified atom stereocenters. The van der Waals surface area contributed by atoms with Gasteiger partial charge in [-0.3, -0.25) is 9.59 Å². The highest BCUT2D eigenvalue weighted by Crippen LogP contribution is 2.27. The third-order valence-corrected chi connectivity index (χ3v) is 10.9. The lowest BCUT2D eigenvalue weighted by atomic mass is 10.0. The van der Waals surface area contributed by atoms with Crippen molar-refractivity contribution in [3.63, 3.8) is 0 Å². The van der Waals surface area contributed by atoms with E-state index < -0.39 is 40.1 Å². The maximum absolute atomic E-state index is 13.8. The number of anilines is 2. The Bertz CT molecular complexity index is 2240. The van der Waals surface area contributed by atoms with E-state index in [2.05, 4.69) is 15.0 Å². The zero-order chi connectivity index (χ0) is 35.3. The highest BCUT2D eigenvalue weighted by Gasteiger charge is 2.31. The molecule has 0 spiro atoms. The first-order valence-corrected chi connectivity index (χ1v) is 18.8. The Labute approximate surface area is 297 Å². The molecule has 0 radical (unpaired) electrons. The maximum Gasteiger partial charge on any atom is 0.330 e. The number of carbonyl (C=O) groups excluding carboxylic acids is 3. The lowest BCUT2D eigenvalue weighted by Crippen LogP contribution is -2.57. The zero-order valence-corrected chi connectivity index (χ0v) is 29.6. The van der Waals surface area contributed by atoms with Crippen LogP contribution in [-0.2, 0) is 32.6 Å². The number of rotatable bonds is 12. The second-order valence-electron chi connectivity index (χ2n) is 11.6. The molecule has 0 aliphatic rings. The number of hydrogen-bond acceptors (Lipinski definition) is 8. The van der Waals surface area contributed by atoms with Crippen LogP contribution in [0.15, 0.2) is 114 Å². The van der Waals surface area contributed by atoms with Crippen LogP contribution in [0.4, 0.5) is 16.2 Å². The Balaban J connectivity index is 1.20. The van der Waals surface area contributed by atoms with Crippen molar-refractivity contribution in [2.45, 2.75) is 24.9 Å². The van der Waals surface area contributed by atoms with Crippen molar-refractivity contribution < 1.29 is 22.8 Å².